The molecule has 1 spiro atoms. The van der Waals surface area contributed by atoms with Gasteiger partial charge >= 0.3 is 0 Å². The molecular weight excluding hydrogens is 475 g/mol. The molecule has 34 heavy (non-hydrogen) atoms. The Hall–Kier alpha value is -3.32. The quantitative estimate of drug-likeness (QED) is 0.428. The Morgan fingerprint density at radius 1 is 0.735 bits per heavy atom. The predicted octanol–water partition coefficient (Wildman–Crippen LogP) is 4.26. The Labute approximate surface area is 204 Å². The molecule has 2 fully saturated rings. The lowest BCUT2D eigenvalue weighted by molar-refractivity contribution is -0.123. The molecule has 8 heteroatoms. The summed E-state index contributed by atoms with van der Waals surface area (Å²) in [6, 6.07) is 19.3. The lowest BCUT2D eigenvalue weighted by Crippen LogP contribution is -2.58. The first-order valence-electron chi connectivity index (χ1n) is 10.7. The number of ketones is 2. The summed E-state index contributed by atoms with van der Waals surface area (Å²) in [5.41, 5.74) is -0.396. The van der Waals surface area contributed by atoms with Crippen molar-refractivity contribution in [2.24, 2.45) is 11.8 Å². The minimum Gasteiger partial charge on any atom is -0.291 e. The highest BCUT2D eigenvalue weighted by Gasteiger charge is 2.73. The number of nitrogens with one attached hydrogen (secondary N) is 1. The van der Waals surface area contributed by atoms with Gasteiger partial charge in [0.1, 0.15) is 0 Å². The molecule has 1 unspecified atom stereocenters. The second kappa shape index (κ2) is 7.34. The number of hydrogen-bond acceptors (Lipinski definition) is 5. The molecule has 6 nitrogen and oxygen atoms in total. The molecule has 3 aromatic carbocycles. The Morgan fingerprint density at radius 2 is 1.35 bits per heavy atom. The van der Waals surface area contributed by atoms with E-state index in [0.717, 1.165) is 4.90 Å². The van der Waals surface area contributed by atoms with Gasteiger partial charge in [-0.25, -0.2) is 4.90 Å². The molecule has 0 bridgehead atoms. The first-order valence-corrected chi connectivity index (χ1v) is 11.5. The number of hydrogen-bond donors (Lipinski definition) is 1. The van der Waals surface area contributed by atoms with Gasteiger partial charge in [-0.05, 0) is 23.8 Å². The summed E-state index contributed by atoms with van der Waals surface area (Å²) in [5.74, 6) is -4.24. The predicted molar refractivity (Wildman–Crippen MR) is 126 cm³/mol. The van der Waals surface area contributed by atoms with Gasteiger partial charge in [-0.1, -0.05) is 77.8 Å². The Kier molecular flexibility index (Phi) is 4.58. The Morgan fingerprint density at radius 3 is 1.97 bits per heavy atom. The van der Waals surface area contributed by atoms with Crippen LogP contribution in [0.1, 0.15) is 32.3 Å². The van der Waals surface area contributed by atoms with E-state index in [2.05, 4.69) is 5.32 Å². The summed E-state index contributed by atoms with van der Waals surface area (Å²) in [6.07, 6.45) is 0. The van der Waals surface area contributed by atoms with E-state index in [9.17, 15) is 19.2 Å². The maximum Gasteiger partial charge on any atom is 0.240 e. The fraction of sp³-hybridized carbons (Fsp3) is 0.154. The van der Waals surface area contributed by atoms with E-state index in [1.54, 1.807) is 24.3 Å². The third-order valence-corrected chi connectivity index (χ3v) is 7.75. The summed E-state index contributed by atoms with van der Waals surface area (Å²) in [5, 5.41) is 3.63. The number of amides is 2. The molecular formula is C26H16Cl2N2O4. The van der Waals surface area contributed by atoms with Gasteiger partial charge in [0.2, 0.25) is 11.8 Å². The van der Waals surface area contributed by atoms with Gasteiger partial charge in [0.25, 0.3) is 0 Å². The second-order valence-corrected chi connectivity index (χ2v) is 9.47. The van der Waals surface area contributed by atoms with E-state index >= 15 is 0 Å². The molecule has 0 radical (unpaired) electrons. The van der Waals surface area contributed by atoms with Gasteiger partial charge < -0.3 is 0 Å². The zero-order valence-electron chi connectivity index (χ0n) is 17.5. The summed E-state index contributed by atoms with van der Waals surface area (Å²) in [7, 11) is 0. The average molecular weight is 491 g/mol. The lowest BCUT2D eigenvalue weighted by atomic mass is 9.76. The molecule has 1 N–H and O–H groups in total. The molecule has 6 rings (SSSR count). The van der Waals surface area contributed by atoms with Crippen LogP contribution in [0.15, 0.2) is 72.8 Å². The Balaban J connectivity index is 1.55. The van der Waals surface area contributed by atoms with Crippen molar-refractivity contribution in [3.8, 4) is 0 Å². The van der Waals surface area contributed by atoms with E-state index in [0.29, 0.717) is 5.56 Å². The van der Waals surface area contributed by atoms with Crippen LogP contribution < -0.4 is 10.2 Å². The van der Waals surface area contributed by atoms with E-state index in [4.69, 9.17) is 23.2 Å². The highest BCUT2D eigenvalue weighted by atomic mass is 35.5. The van der Waals surface area contributed by atoms with Gasteiger partial charge in [0.05, 0.1) is 27.6 Å². The number of carbonyl (C=O) groups excluding carboxylic acids is 4. The van der Waals surface area contributed by atoms with Crippen LogP contribution >= 0.6 is 23.2 Å². The lowest BCUT2D eigenvalue weighted by Gasteiger charge is -2.28. The molecule has 3 aliphatic rings. The van der Waals surface area contributed by atoms with Gasteiger partial charge in [-0.15, -0.1) is 0 Å². The largest absolute Gasteiger partial charge is 0.291 e. The van der Waals surface area contributed by atoms with Crippen molar-refractivity contribution in [3.63, 3.8) is 0 Å². The number of halogens is 2. The number of fused-ring (bicyclic) bond motifs is 3. The maximum absolute atomic E-state index is 13.9. The van der Waals surface area contributed by atoms with Crippen molar-refractivity contribution < 1.29 is 19.2 Å². The van der Waals surface area contributed by atoms with Crippen molar-refractivity contribution in [3.05, 3.63) is 99.5 Å². The molecule has 1 aliphatic carbocycles. The minimum absolute atomic E-state index is 0.185. The zero-order chi connectivity index (χ0) is 23.8. The average Bonchev–Trinajstić information content (AvgIpc) is 3.42. The van der Waals surface area contributed by atoms with Crippen LogP contribution in [0.5, 0.6) is 0 Å². The molecule has 2 amide bonds. The number of anilines is 1. The summed E-state index contributed by atoms with van der Waals surface area (Å²) >= 11 is 12.2. The number of benzene rings is 3. The molecule has 2 aliphatic heterocycles. The van der Waals surface area contributed by atoms with Crippen LogP contribution in [0.2, 0.25) is 10.0 Å². The fourth-order valence-corrected chi connectivity index (χ4v) is 5.85. The summed E-state index contributed by atoms with van der Waals surface area (Å²) in [4.78, 5) is 56.1. The Bertz CT molecular complexity index is 1390. The van der Waals surface area contributed by atoms with Crippen LogP contribution in [-0.2, 0) is 9.59 Å². The fourth-order valence-electron chi connectivity index (χ4n) is 5.56. The topological polar surface area (TPSA) is 83.5 Å². The van der Waals surface area contributed by atoms with Crippen molar-refractivity contribution in [1.82, 2.24) is 5.32 Å². The van der Waals surface area contributed by atoms with Crippen LogP contribution in [0.25, 0.3) is 0 Å². The van der Waals surface area contributed by atoms with E-state index in [1.807, 2.05) is 30.3 Å². The first kappa shape index (κ1) is 21.2. The number of nitrogens with zero attached hydrogens (tertiary/aromatic N) is 1. The smallest absolute Gasteiger partial charge is 0.240 e. The van der Waals surface area contributed by atoms with Gasteiger partial charge in [0.15, 0.2) is 17.1 Å². The minimum atomic E-state index is -1.85. The number of carbonyl (C=O) groups is 4. The molecule has 2 heterocycles. The molecule has 3 aromatic rings. The van der Waals surface area contributed by atoms with Crippen molar-refractivity contribution in [2.45, 2.75) is 11.6 Å². The molecule has 0 aromatic heterocycles. The third-order valence-electron chi connectivity index (χ3n) is 7.01. The summed E-state index contributed by atoms with van der Waals surface area (Å²) < 4.78 is 0. The third kappa shape index (κ3) is 2.61. The number of imide groups is 1. The standard InChI is InChI=1S/C26H16Cl2N2O4/c27-17-11-10-14(12-18(17)28)30-24(33)19-20(25(30)34)26(29-21(19)13-6-2-1-3-7-13)22(31)15-8-4-5-9-16(15)23(26)32/h1-12,19-21,29H/t19-,20-,21?/m1/s1. The normalized spacial score (nSPS) is 24.8. The van der Waals surface area contributed by atoms with Crippen LogP contribution in [-0.4, -0.2) is 28.9 Å². The molecule has 168 valence electrons. The molecule has 3 atom stereocenters. The first-order chi connectivity index (χ1) is 16.4. The van der Waals surface area contributed by atoms with E-state index in [-0.39, 0.29) is 26.9 Å². The molecule has 0 saturated carbocycles. The molecule has 2 saturated heterocycles. The highest BCUT2D eigenvalue weighted by molar-refractivity contribution is 6.42. The van der Waals surface area contributed by atoms with Gasteiger partial charge in [-0.3, -0.25) is 24.5 Å². The van der Waals surface area contributed by atoms with Crippen molar-refractivity contribution >= 4 is 52.3 Å². The summed E-state index contributed by atoms with van der Waals surface area (Å²) in [6.45, 7) is 0. The van der Waals surface area contributed by atoms with Crippen LogP contribution in [0.3, 0.4) is 0 Å². The van der Waals surface area contributed by atoms with Crippen molar-refractivity contribution in [2.75, 3.05) is 4.90 Å². The second-order valence-electron chi connectivity index (χ2n) is 8.66. The van der Waals surface area contributed by atoms with Crippen LogP contribution in [0, 0.1) is 11.8 Å². The monoisotopic (exact) mass is 490 g/mol. The maximum atomic E-state index is 13.9. The van der Waals surface area contributed by atoms with E-state index in [1.165, 1.54) is 18.2 Å². The van der Waals surface area contributed by atoms with Gasteiger partial charge in [-0.2, -0.15) is 0 Å². The number of rotatable bonds is 2. The SMILES string of the molecule is O=C1[C@H]2C(c3ccccc3)NC3(C(=O)c4ccccc4C3=O)[C@H]2C(=O)N1c1ccc(Cl)c(Cl)c1. The highest BCUT2D eigenvalue weighted by Crippen LogP contribution is 2.54. The van der Waals surface area contributed by atoms with E-state index < -0.39 is 46.8 Å². The van der Waals surface area contributed by atoms with Crippen molar-refractivity contribution in [1.29, 1.82) is 0 Å². The number of Topliss-reactive ketones (excluding diaryl/α,β-unsaturated/α-hetero) is 2. The zero-order valence-corrected chi connectivity index (χ0v) is 19.0. The van der Waals surface area contributed by atoms with Gasteiger partial charge in [0, 0.05) is 17.2 Å². The van der Waals surface area contributed by atoms with Crippen LogP contribution in [0.4, 0.5) is 5.69 Å².